The van der Waals surface area contributed by atoms with Crippen LogP contribution in [-0.4, -0.2) is 37.1 Å². The molecule has 0 saturated carbocycles. The Morgan fingerprint density at radius 3 is 2.74 bits per heavy atom. The Kier molecular flexibility index (Phi) is 8.36. The van der Waals surface area contributed by atoms with E-state index >= 15 is 0 Å². The Hall–Kier alpha value is -1.86. The molecular formula is C15H22ClN3O4. The summed E-state index contributed by atoms with van der Waals surface area (Å²) < 4.78 is 5.30. The number of amides is 1. The predicted molar refractivity (Wildman–Crippen MR) is 89.1 cm³/mol. The Morgan fingerprint density at radius 1 is 1.39 bits per heavy atom. The summed E-state index contributed by atoms with van der Waals surface area (Å²) in [6, 6.07) is 5.67. The fourth-order valence-electron chi connectivity index (χ4n) is 2.45. The third-order valence-corrected chi connectivity index (χ3v) is 3.69. The topological polar surface area (TPSA) is 93.5 Å². The van der Waals surface area contributed by atoms with Gasteiger partial charge in [0.2, 0.25) is 0 Å². The van der Waals surface area contributed by atoms with Crippen molar-refractivity contribution >= 4 is 24.0 Å². The van der Waals surface area contributed by atoms with Crippen LogP contribution in [0.3, 0.4) is 0 Å². The van der Waals surface area contributed by atoms with Crippen molar-refractivity contribution < 1.29 is 14.5 Å². The highest BCUT2D eigenvalue weighted by Crippen LogP contribution is 2.17. The van der Waals surface area contributed by atoms with E-state index in [1.165, 1.54) is 37.1 Å². The minimum absolute atomic E-state index is 0. The first-order valence-electron chi connectivity index (χ1n) is 7.50. The van der Waals surface area contributed by atoms with E-state index in [1.807, 2.05) is 0 Å². The molecule has 2 rings (SSSR count). The summed E-state index contributed by atoms with van der Waals surface area (Å²) >= 11 is 0. The van der Waals surface area contributed by atoms with Crippen LogP contribution in [0.5, 0.6) is 5.75 Å². The number of carbonyl (C=O) groups excluding carboxylic acids is 1. The molecule has 0 spiro atoms. The van der Waals surface area contributed by atoms with Gasteiger partial charge in [-0.05, 0) is 50.4 Å². The minimum atomic E-state index is -0.476. The number of halogens is 1. The summed E-state index contributed by atoms with van der Waals surface area (Å²) in [4.78, 5) is 21.7. The third-order valence-electron chi connectivity index (χ3n) is 3.69. The Morgan fingerprint density at radius 2 is 2.13 bits per heavy atom. The van der Waals surface area contributed by atoms with Crippen LogP contribution in [0, 0.1) is 16.0 Å². The van der Waals surface area contributed by atoms with Crippen LogP contribution in [0.25, 0.3) is 0 Å². The van der Waals surface area contributed by atoms with Crippen LogP contribution in [-0.2, 0) is 4.79 Å². The maximum absolute atomic E-state index is 11.7. The van der Waals surface area contributed by atoms with Crippen molar-refractivity contribution in [3.05, 3.63) is 34.4 Å². The quantitative estimate of drug-likeness (QED) is 0.582. The van der Waals surface area contributed by atoms with Crippen molar-refractivity contribution in [1.29, 1.82) is 0 Å². The van der Waals surface area contributed by atoms with Crippen LogP contribution in [0.15, 0.2) is 24.3 Å². The molecule has 2 N–H and O–H groups in total. The number of nitro groups is 1. The van der Waals surface area contributed by atoms with E-state index in [9.17, 15) is 14.9 Å². The molecule has 1 heterocycles. The fraction of sp³-hybridized carbons (Fsp3) is 0.533. The van der Waals surface area contributed by atoms with Crippen molar-refractivity contribution in [2.24, 2.45) is 5.92 Å². The number of benzene rings is 1. The van der Waals surface area contributed by atoms with Crippen LogP contribution in [0.2, 0.25) is 0 Å². The summed E-state index contributed by atoms with van der Waals surface area (Å²) in [6.07, 6.45) is 3.38. The molecule has 0 bridgehead atoms. The lowest BCUT2D eigenvalue weighted by molar-refractivity contribution is -0.384. The Bertz CT molecular complexity index is 504. The maximum Gasteiger partial charge on any atom is 0.269 e. The van der Waals surface area contributed by atoms with E-state index in [1.54, 1.807) is 0 Å². The smallest absolute Gasteiger partial charge is 0.269 e. The number of piperidine rings is 1. The number of non-ortho nitro benzene ring substituents is 1. The van der Waals surface area contributed by atoms with Gasteiger partial charge in [-0.3, -0.25) is 14.9 Å². The highest BCUT2D eigenvalue weighted by atomic mass is 35.5. The van der Waals surface area contributed by atoms with Gasteiger partial charge in [0.05, 0.1) is 4.92 Å². The van der Waals surface area contributed by atoms with Crippen LogP contribution >= 0.6 is 12.4 Å². The molecule has 1 aliphatic rings. The van der Waals surface area contributed by atoms with Gasteiger partial charge < -0.3 is 15.4 Å². The molecule has 0 radical (unpaired) electrons. The molecule has 7 nitrogen and oxygen atoms in total. The number of hydrogen-bond donors (Lipinski definition) is 2. The second-order valence-electron chi connectivity index (χ2n) is 5.39. The lowest BCUT2D eigenvalue weighted by Crippen LogP contribution is -2.34. The molecule has 1 fully saturated rings. The first-order chi connectivity index (χ1) is 10.6. The van der Waals surface area contributed by atoms with E-state index in [4.69, 9.17) is 4.74 Å². The molecular weight excluding hydrogens is 322 g/mol. The number of nitrogens with zero attached hydrogens (tertiary/aromatic N) is 1. The molecule has 1 saturated heterocycles. The van der Waals surface area contributed by atoms with Gasteiger partial charge >= 0.3 is 0 Å². The van der Waals surface area contributed by atoms with Crippen molar-refractivity contribution in [2.45, 2.75) is 19.3 Å². The summed E-state index contributed by atoms with van der Waals surface area (Å²) in [6.45, 7) is 2.68. The summed E-state index contributed by atoms with van der Waals surface area (Å²) in [5, 5.41) is 16.7. The average molecular weight is 344 g/mol. The molecule has 1 aromatic rings. The molecule has 0 aliphatic carbocycles. The lowest BCUT2D eigenvalue weighted by Gasteiger charge is -2.22. The standard InChI is InChI=1S/C15H21N3O4.ClH/c19-15(17-9-7-12-2-1-8-16-10-12)11-22-14-5-3-13(4-6-14)18(20)21;/h3-6,12,16H,1-2,7-11H2,(H,17,19);1H. The van der Waals surface area contributed by atoms with Gasteiger partial charge in [0, 0.05) is 18.7 Å². The lowest BCUT2D eigenvalue weighted by atomic mass is 9.96. The Balaban J connectivity index is 0.00000264. The zero-order valence-electron chi connectivity index (χ0n) is 12.8. The van der Waals surface area contributed by atoms with Crippen molar-refractivity contribution in [3.63, 3.8) is 0 Å². The molecule has 128 valence electrons. The van der Waals surface area contributed by atoms with Crippen molar-refractivity contribution in [3.8, 4) is 5.75 Å². The Labute approximate surface area is 141 Å². The first-order valence-corrected chi connectivity index (χ1v) is 7.50. The molecule has 23 heavy (non-hydrogen) atoms. The summed E-state index contributed by atoms with van der Waals surface area (Å²) in [7, 11) is 0. The number of ether oxygens (including phenoxy) is 1. The number of rotatable bonds is 7. The number of nitro benzene ring substituents is 1. The van der Waals surface area contributed by atoms with Crippen molar-refractivity contribution in [2.75, 3.05) is 26.2 Å². The van der Waals surface area contributed by atoms with Gasteiger partial charge in [0.25, 0.3) is 11.6 Å². The second-order valence-corrected chi connectivity index (χ2v) is 5.39. The molecule has 1 aliphatic heterocycles. The van der Waals surface area contributed by atoms with Gasteiger partial charge in [-0.1, -0.05) is 0 Å². The van der Waals surface area contributed by atoms with E-state index < -0.39 is 4.92 Å². The van der Waals surface area contributed by atoms with Crippen LogP contribution in [0.1, 0.15) is 19.3 Å². The predicted octanol–water partition coefficient (Wildman–Crippen LogP) is 1.90. The summed E-state index contributed by atoms with van der Waals surface area (Å²) in [5.41, 5.74) is -0.00195. The average Bonchev–Trinajstić information content (AvgIpc) is 2.54. The summed E-state index contributed by atoms with van der Waals surface area (Å²) in [5.74, 6) is 0.893. The molecule has 0 aromatic heterocycles. The second kappa shape index (κ2) is 10.0. The largest absolute Gasteiger partial charge is 0.484 e. The van der Waals surface area contributed by atoms with E-state index in [0.29, 0.717) is 18.2 Å². The third kappa shape index (κ3) is 6.83. The van der Waals surface area contributed by atoms with Gasteiger partial charge in [0.1, 0.15) is 5.75 Å². The van der Waals surface area contributed by atoms with E-state index in [0.717, 1.165) is 19.5 Å². The van der Waals surface area contributed by atoms with Crippen LogP contribution in [0.4, 0.5) is 5.69 Å². The highest BCUT2D eigenvalue weighted by molar-refractivity contribution is 5.85. The van der Waals surface area contributed by atoms with Crippen molar-refractivity contribution in [1.82, 2.24) is 10.6 Å². The van der Waals surface area contributed by atoms with Gasteiger partial charge in [-0.2, -0.15) is 0 Å². The van der Waals surface area contributed by atoms with E-state index in [-0.39, 0.29) is 30.6 Å². The zero-order chi connectivity index (χ0) is 15.8. The number of carbonyl (C=O) groups is 1. The molecule has 8 heteroatoms. The van der Waals surface area contributed by atoms with Gasteiger partial charge in [-0.15, -0.1) is 12.4 Å². The zero-order valence-corrected chi connectivity index (χ0v) is 13.6. The fourth-order valence-corrected chi connectivity index (χ4v) is 2.45. The minimum Gasteiger partial charge on any atom is -0.484 e. The molecule has 1 unspecified atom stereocenters. The molecule has 1 atom stereocenters. The maximum atomic E-state index is 11.7. The molecule has 1 amide bonds. The van der Waals surface area contributed by atoms with Crippen LogP contribution < -0.4 is 15.4 Å². The molecule has 1 aromatic carbocycles. The van der Waals surface area contributed by atoms with Gasteiger partial charge in [-0.25, -0.2) is 0 Å². The number of nitrogens with one attached hydrogen (secondary N) is 2. The van der Waals surface area contributed by atoms with E-state index in [2.05, 4.69) is 10.6 Å². The monoisotopic (exact) mass is 343 g/mol. The first kappa shape index (κ1) is 19.2. The SMILES string of the molecule is Cl.O=C(COc1ccc([N+](=O)[O-])cc1)NCCC1CCCNC1. The number of hydrogen-bond acceptors (Lipinski definition) is 5. The normalized spacial score (nSPS) is 17.0. The highest BCUT2D eigenvalue weighted by Gasteiger charge is 2.13. The van der Waals surface area contributed by atoms with Gasteiger partial charge in [0.15, 0.2) is 6.61 Å².